The number of benzene rings is 1. The second-order valence-corrected chi connectivity index (χ2v) is 5.14. The van der Waals surface area contributed by atoms with Crippen LogP contribution in [0.4, 0.5) is 5.82 Å². The van der Waals surface area contributed by atoms with Crippen LogP contribution in [0, 0.1) is 11.3 Å². The first-order chi connectivity index (χ1) is 9.55. The van der Waals surface area contributed by atoms with Gasteiger partial charge in [0, 0.05) is 25.7 Å². The molecule has 1 aromatic carbocycles. The number of aromatic nitrogens is 2. The normalized spacial score (nSPS) is 9.95. The Kier molecular flexibility index (Phi) is 4.20. The lowest BCUT2D eigenvalue weighted by atomic mass is 10.2. The topological polar surface area (TPSA) is 62.0 Å². The summed E-state index contributed by atoms with van der Waals surface area (Å²) in [7, 11) is 5.35. The minimum Gasteiger partial charge on any atom is -0.496 e. The summed E-state index contributed by atoms with van der Waals surface area (Å²) in [5.41, 5.74) is 1.16. The first kappa shape index (κ1) is 14.3. The van der Waals surface area contributed by atoms with Crippen LogP contribution in [-0.2, 0) is 0 Å². The van der Waals surface area contributed by atoms with Gasteiger partial charge in [0.2, 0.25) is 0 Å². The second kappa shape index (κ2) is 5.88. The fourth-order valence-electron chi connectivity index (χ4n) is 1.66. The van der Waals surface area contributed by atoms with Crippen molar-refractivity contribution in [2.75, 3.05) is 26.1 Å². The first-order valence-electron chi connectivity index (χ1n) is 5.85. The Morgan fingerprint density at radius 3 is 2.55 bits per heavy atom. The van der Waals surface area contributed by atoms with Crippen molar-refractivity contribution >= 4 is 21.7 Å². The van der Waals surface area contributed by atoms with Gasteiger partial charge in [-0.2, -0.15) is 5.26 Å². The molecule has 0 atom stereocenters. The zero-order valence-corrected chi connectivity index (χ0v) is 13.0. The molecule has 2 rings (SSSR count). The second-order valence-electron chi connectivity index (χ2n) is 4.29. The van der Waals surface area contributed by atoms with Gasteiger partial charge in [-0.3, -0.25) is 0 Å². The fourth-order valence-corrected chi connectivity index (χ4v) is 2.20. The van der Waals surface area contributed by atoms with E-state index < -0.39 is 0 Å². The van der Waals surface area contributed by atoms with E-state index in [4.69, 9.17) is 10.00 Å². The average Bonchev–Trinajstić information content (AvgIpc) is 2.46. The smallest absolute Gasteiger partial charge is 0.163 e. The maximum Gasteiger partial charge on any atom is 0.163 e. The van der Waals surface area contributed by atoms with Crippen molar-refractivity contribution in [2.24, 2.45) is 0 Å². The number of anilines is 1. The molecule has 0 aliphatic rings. The molecule has 0 amide bonds. The lowest BCUT2D eigenvalue weighted by Crippen LogP contribution is -2.12. The number of halogens is 1. The molecule has 0 aliphatic heterocycles. The van der Waals surface area contributed by atoms with Gasteiger partial charge in [-0.1, -0.05) is 0 Å². The lowest BCUT2D eigenvalue weighted by molar-refractivity contribution is 0.412. The fraction of sp³-hybridized carbons (Fsp3) is 0.214. The van der Waals surface area contributed by atoms with Crippen LogP contribution in [0.2, 0.25) is 0 Å². The first-order valence-corrected chi connectivity index (χ1v) is 6.65. The summed E-state index contributed by atoms with van der Waals surface area (Å²) in [5, 5.41) is 9.06. The molecule has 0 aliphatic carbocycles. The van der Waals surface area contributed by atoms with Crippen LogP contribution in [0.1, 0.15) is 5.69 Å². The van der Waals surface area contributed by atoms with Gasteiger partial charge in [-0.05, 0) is 34.1 Å². The summed E-state index contributed by atoms with van der Waals surface area (Å²) in [6.07, 6.45) is 0. The highest BCUT2D eigenvalue weighted by atomic mass is 79.9. The molecule has 1 heterocycles. The monoisotopic (exact) mass is 332 g/mol. The largest absolute Gasteiger partial charge is 0.496 e. The van der Waals surface area contributed by atoms with Gasteiger partial charge in [0.25, 0.3) is 0 Å². The van der Waals surface area contributed by atoms with Crippen molar-refractivity contribution in [3.8, 4) is 23.2 Å². The number of rotatable bonds is 3. The predicted molar refractivity (Wildman–Crippen MR) is 80.8 cm³/mol. The lowest BCUT2D eigenvalue weighted by Gasteiger charge is -2.13. The van der Waals surface area contributed by atoms with Crippen LogP contribution < -0.4 is 9.64 Å². The maximum atomic E-state index is 9.06. The number of nitriles is 1. The number of nitrogens with zero attached hydrogens (tertiary/aromatic N) is 4. The Balaban J connectivity index is 2.54. The summed E-state index contributed by atoms with van der Waals surface area (Å²) in [4.78, 5) is 10.5. The van der Waals surface area contributed by atoms with Crippen LogP contribution in [0.3, 0.4) is 0 Å². The minimum absolute atomic E-state index is 0.339. The van der Waals surface area contributed by atoms with Crippen molar-refractivity contribution in [3.05, 3.63) is 34.4 Å². The maximum absolute atomic E-state index is 9.06. The summed E-state index contributed by atoms with van der Waals surface area (Å²) < 4.78 is 6.01. The molecule has 102 valence electrons. The molecule has 2 aromatic rings. The molecular weight excluding hydrogens is 320 g/mol. The molecular formula is C14H13BrN4O. The third kappa shape index (κ3) is 2.89. The summed E-state index contributed by atoms with van der Waals surface area (Å²) in [6.45, 7) is 0. The van der Waals surface area contributed by atoms with Gasteiger partial charge >= 0.3 is 0 Å². The van der Waals surface area contributed by atoms with Crippen molar-refractivity contribution in [3.63, 3.8) is 0 Å². The molecule has 0 saturated carbocycles. The molecule has 0 fully saturated rings. The average molecular weight is 333 g/mol. The minimum atomic E-state index is 0.339. The number of hydrogen-bond acceptors (Lipinski definition) is 5. The predicted octanol–water partition coefficient (Wildman–Crippen LogP) is 2.85. The van der Waals surface area contributed by atoms with Gasteiger partial charge in [0.15, 0.2) is 5.82 Å². The summed E-state index contributed by atoms with van der Waals surface area (Å²) in [6, 6.07) is 9.27. The highest BCUT2D eigenvalue weighted by Gasteiger charge is 2.10. The Bertz CT molecular complexity index is 679. The number of hydrogen-bond donors (Lipinski definition) is 0. The summed E-state index contributed by atoms with van der Waals surface area (Å²) in [5.74, 6) is 1.94. The molecule has 0 N–H and O–H groups in total. The highest BCUT2D eigenvalue weighted by molar-refractivity contribution is 9.10. The number of ether oxygens (including phenoxy) is 1. The van der Waals surface area contributed by atoms with E-state index in [1.165, 1.54) is 0 Å². The quantitative estimate of drug-likeness (QED) is 0.864. The third-order valence-electron chi connectivity index (χ3n) is 2.70. The molecule has 0 bridgehead atoms. The zero-order chi connectivity index (χ0) is 14.7. The Morgan fingerprint density at radius 1 is 1.25 bits per heavy atom. The van der Waals surface area contributed by atoms with Crippen LogP contribution >= 0.6 is 15.9 Å². The highest BCUT2D eigenvalue weighted by Crippen LogP contribution is 2.29. The van der Waals surface area contributed by atoms with E-state index in [0.717, 1.165) is 15.8 Å². The standard InChI is InChI=1S/C14H13BrN4O/c1-19(2)13-7-10(8-16)17-14(18-13)9-4-5-12(20-3)11(15)6-9/h4-7H,1-3H3. The van der Waals surface area contributed by atoms with E-state index in [-0.39, 0.29) is 0 Å². The molecule has 20 heavy (non-hydrogen) atoms. The molecule has 1 aromatic heterocycles. The van der Waals surface area contributed by atoms with Crippen LogP contribution in [-0.4, -0.2) is 31.2 Å². The molecule has 0 radical (unpaired) electrons. The van der Waals surface area contributed by atoms with Crippen molar-refractivity contribution < 1.29 is 4.74 Å². The molecule has 0 unspecified atom stereocenters. The SMILES string of the molecule is COc1ccc(-c2nc(C#N)cc(N(C)C)n2)cc1Br. The molecule has 0 spiro atoms. The van der Waals surface area contributed by atoms with Crippen molar-refractivity contribution in [1.82, 2.24) is 9.97 Å². The molecule has 5 nitrogen and oxygen atoms in total. The van der Waals surface area contributed by atoms with Gasteiger partial charge in [-0.15, -0.1) is 0 Å². The van der Waals surface area contributed by atoms with Gasteiger partial charge in [0.05, 0.1) is 11.6 Å². The van der Waals surface area contributed by atoms with Gasteiger partial charge in [0.1, 0.15) is 23.3 Å². The van der Waals surface area contributed by atoms with E-state index in [9.17, 15) is 0 Å². The van der Waals surface area contributed by atoms with Gasteiger partial charge in [-0.25, -0.2) is 9.97 Å². The van der Waals surface area contributed by atoms with E-state index in [1.807, 2.05) is 37.2 Å². The van der Waals surface area contributed by atoms with Crippen molar-refractivity contribution in [1.29, 1.82) is 5.26 Å². The van der Waals surface area contributed by atoms with Gasteiger partial charge < -0.3 is 9.64 Å². The van der Waals surface area contributed by atoms with E-state index in [0.29, 0.717) is 17.3 Å². The van der Waals surface area contributed by atoms with Crippen LogP contribution in [0.5, 0.6) is 5.75 Å². The Hall–Kier alpha value is -2.13. The summed E-state index contributed by atoms with van der Waals surface area (Å²) >= 11 is 3.43. The molecule has 0 saturated heterocycles. The van der Waals surface area contributed by atoms with E-state index in [1.54, 1.807) is 13.2 Å². The van der Waals surface area contributed by atoms with E-state index in [2.05, 4.69) is 32.0 Å². The Morgan fingerprint density at radius 2 is 2.00 bits per heavy atom. The van der Waals surface area contributed by atoms with Crippen LogP contribution in [0.15, 0.2) is 28.7 Å². The third-order valence-corrected chi connectivity index (χ3v) is 3.32. The molecule has 6 heteroatoms. The zero-order valence-electron chi connectivity index (χ0n) is 11.4. The number of methoxy groups -OCH3 is 1. The van der Waals surface area contributed by atoms with E-state index >= 15 is 0 Å². The Labute approximate surface area is 126 Å². The van der Waals surface area contributed by atoms with Crippen LogP contribution in [0.25, 0.3) is 11.4 Å². The van der Waals surface area contributed by atoms with Crippen molar-refractivity contribution in [2.45, 2.75) is 0 Å².